The first-order chi connectivity index (χ1) is 8.16. The van der Waals surface area contributed by atoms with Crippen LogP contribution in [-0.2, 0) is 6.42 Å². The summed E-state index contributed by atoms with van der Waals surface area (Å²) in [5.74, 6) is -0.268. The predicted octanol–water partition coefficient (Wildman–Crippen LogP) is 5.11. The largest absolute Gasteiger partial charge is 0.207 e. The lowest BCUT2D eigenvalue weighted by Gasteiger charge is -2.11. The van der Waals surface area contributed by atoms with E-state index in [-0.39, 0.29) is 11.2 Å². The fourth-order valence-corrected chi connectivity index (χ4v) is 2.37. The SMILES string of the molecule is Fc1cc(Br)ccc1C(Cl)Cc1ccccc1. The zero-order chi connectivity index (χ0) is 12.3. The first-order valence-electron chi connectivity index (χ1n) is 5.30. The van der Waals surface area contributed by atoms with Gasteiger partial charge in [0, 0.05) is 10.0 Å². The van der Waals surface area contributed by atoms with Crippen molar-refractivity contribution in [2.24, 2.45) is 0 Å². The van der Waals surface area contributed by atoms with Crippen LogP contribution in [0, 0.1) is 5.82 Å². The Balaban J connectivity index is 2.17. The summed E-state index contributed by atoms with van der Waals surface area (Å²) in [5, 5.41) is -0.342. The van der Waals surface area contributed by atoms with Gasteiger partial charge in [0.05, 0.1) is 5.38 Å². The number of benzene rings is 2. The normalized spacial score (nSPS) is 12.4. The Labute approximate surface area is 114 Å². The molecule has 0 N–H and O–H groups in total. The van der Waals surface area contributed by atoms with Gasteiger partial charge < -0.3 is 0 Å². The minimum absolute atomic E-state index is 0.268. The van der Waals surface area contributed by atoms with E-state index in [1.165, 1.54) is 6.07 Å². The zero-order valence-electron chi connectivity index (χ0n) is 9.04. The summed E-state index contributed by atoms with van der Waals surface area (Å²) in [5.41, 5.74) is 1.65. The molecule has 0 spiro atoms. The molecule has 3 heteroatoms. The fraction of sp³-hybridized carbons (Fsp3) is 0.143. The predicted molar refractivity (Wildman–Crippen MR) is 72.8 cm³/mol. The third-order valence-electron chi connectivity index (χ3n) is 2.56. The number of rotatable bonds is 3. The third-order valence-corrected chi connectivity index (χ3v) is 3.44. The van der Waals surface area contributed by atoms with E-state index < -0.39 is 0 Å². The van der Waals surface area contributed by atoms with Crippen LogP contribution in [0.15, 0.2) is 53.0 Å². The lowest BCUT2D eigenvalue weighted by Crippen LogP contribution is -1.98. The van der Waals surface area contributed by atoms with Gasteiger partial charge in [-0.2, -0.15) is 0 Å². The van der Waals surface area contributed by atoms with E-state index in [1.54, 1.807) is 12.1 Å². The Morgan fingerprint density at radius 2 is 1.82 bits per heavy atom. The molecule has 0 fully saturated rings. The van der Waals surface area contributed by atoms with Gasteiger partial charge in [-0.25, -0.2) is 4.39 Å². The molecule has 0 aliphatic heterocycles. The van der Waals surface area contributed by atoms with E-state index in [0.717, 1.165) is 10.0 Å². The minimum Gasteiger partial charge on any atom is -0.207 e. The zero-order valence-corrected chi connectivity index (χ0v) is 11.4. The summed E-state index contributed by atoms with van der Waals surface area (Å²) in [6, 6.07) is 14.8. The van der Waals surface area contributed by atoms with Crippen LogP contribution in [0.4, 0.5) is 4.39 Å². The molecule has 2 rings (SSSR count). The summed E-state index contributed by atoms with van der Waals surface area (Å²) in [7, 11) is 0. The highest BCUT2D eigenvalue weighted by Crippen LogP contribution is 2.28. The van der Waals surface area contributed by atoms with Crippen LogP contribution in [-0.4, -0.2) is 0 Å². The molecule has 0 saturated carbocycles. The molecule has 0 heterocycles. The molecule has 2 aromatic rings. The average Bonchev–Trinajstić information content (AvgIpc) is 2.30. The monoisotopic (exact) mass is 312 g/mol. The Morgan fingerprint density at radius 3 is 2.47 bits per heavy atom. The van der Waals surface area contributed by atoms with Crippen molar-refractivity contribution in [2.75, 3.05) is 0 Å². The van der Waals surface area contributed by atoms with Gasteiger partial charge in [0.1, 0.15) is 5.82 Å². The quantitative estimate of drug-likeness (QED) is 0.691. The van der Waals surface area contributed by atoms with Crippen LogP contribution in [0.25, 0.3) is 0 Å². The van der Waals surface area contributed by atoms with Gasteiger partial charge >= 0.3 is 0 Å². The molecule has 0 aliphatic rings. The lowest BCUT2D eigenvalue weighted by atomic mass is 10.0. The van der Waals surface area contributed by atoms with Gasteiger partial charge in [0.25, 0.3) is 0 Å². The highest BCUT2D eigenvalue weighted by Gasteiger charge is 2.13. The molecule has 0 aromatic heterocycles. The Morgan fingerprint density at radius 1 is 1.12 bits per heavy atom. The number of hydrogen-bond donors (Lipinski definition) is 0. The van der Waals surface area contributed by atoms with Gasteiger partial charge in [-0.3, -0.25) is 0 Å². The van der Waals surface area contributed by atoms with E-state index in [0.29, 0.717) is 12.0 Å². The van der Waals surface area contributed by atoms with Crippen molar-refractivity contribution < 1.29 is 4.39 Å². The molecule has 0 bridgehead atoms. The summed E-state index contributed by atoms with van der Waals surface area (Å²) in [4.78, 5) is 0. The van der Waals surface area contributed by atoms with E-state index in [2.05, 4.69) is 15.9 Å². The maximum atomic E-state index is 13.7. The molecule has 17 heavy (non-hydrogen) atoms. The number of hydrogen-bond acceptors (Lipinski definition) is 0. The smallest absolute Gasteiger partial charge is 0.129 e. The maximum absolute atomic E-state index is 13.7. The van der Waals surface area contributed by atoms with Crippen molar-refractivity contribution in [1.29, 1.82) is 0 Å². The molecule has 88 valence electrons. The molecule has 0 saturated heterocycles. The van der Waals surface area contributed by atoms with Crippen LogP contribution in [0.3, 0.4) is 0 Å². The van der Waals surface area contributed by atoms with Crippen LogP contribution >= 0.6 is 27.5 Å². The molecule has 0 radical (unpaired) electrons. The molecule has 0 nitrogen and oxygen atoms in total. The van der Waals surface area contributed by atoms with Crippen LogP contribution in [0.1, 0.15) is 16.5 Å². The highest BCUT2D eigenvalue weighted by atomic mass is 79.9. The maximum Gasteiger partial charge on any atom is 0.129 e. The first-order valence-corrected chi connectivity index (χ1v) is 6.52. The van der Waals surface area contributed by atoms with E-state index in [9.17, 15) is 4.39 Å². The van der Waals surface area contributed by atoms with Crippen LogP contribution in [0.5, 0.6) is 0 Å². The molecule has 1 atom stereocenters. The summed E-state index contributed by atoms with van der Waals surface area (Å²) < 4.78 is 14.4. The summed E-state index contributed by atoms with van der Waals surface area (Å²) in [6.45, 7) is 0. The number of alkyl halides is 1. The molecule has 2 aromatic carbocycles. The topological polar surface area (TPSA) is 0 Å². The molecular weight excluding hydrogens is 303 g/mol. The summed E-state index contributed by atoms with van der Waals surface area (Å²) in [6.07, 6.45) is 0.626. The standard InChI is InChI=1S/C14H11BrClF/c15-11-6-7-12(14(17)9-11)13(16)8-10-4-2-1-3-5-10/h1-7,9,13H,8H2. The Bertz CT molecular complexity index is 499. The minimum atomic E-state index is -0.342. The van der Waals surface area contributed by atoms with Crippen molar-refractivity contribution in [3.63, 3.8) is 0 Å². The van der Waals surface area contributed by atoms with Crippen molar-refractivity contribution in [3.8, 4) is 0 Å². The van der Waals surface area contributed by atoms with Gasteiger partial charge in [-0.15, -0.1) is 11.6 Å². The summed E-state index contributed by atoms with van der Waals surface area (Å²) >= 11 is 9.47. The van der Waals surface area contributed by atoms with Gasteiger partial charge in [0.2, 0.25) is 0 Å². The van der Waals surface area contributed by atoms with Crippen molar-refractivity contribution >= 4 is 27.5 Å². The van der Waals surface area contributed by atoms with Gasteiger partial charge in [0.15, 0.2) is 0 Å². The Kier molecular flexibility index (Phi) is 4.19. The van der Waals surface area contributed by atoms with Crippen LogP contribution in [0.2, 0.25) is 0 Å². The fourth-order valence-electron chi connectivity index (χ4n) is 1.69. The van der Waals surface area contributed by atoms with Crippen molar-refractivity contribution in [3.05, 3.63) is 69.9 Å². The highest BCUT2D eigenvalue weighted by molar-refractivity contribution is 9.10. The van der Waals surface area contributed by atoms with Crippen molar-refractivity contribution in [2.45, 2.75) is 11.8 Å². The van der Waals surface area contributed by atoms with E-state index in [4.69, 9.17) is 11.6 Å². The molecule has 0 aliphatic carbocycles. The molecule has 0 amide bonds. The second-order valence-electron chi connectivity index (χ2n) is 3.82. The average molecular weight is 314 g/mol. The molecule has 1 unspecified atom stereocenters. The van der Waals surface area contributed by atoms with Crippen molar-refractivity contribution in [1.82, 2.24) is 0 Å². The Hall–Kier alpha value is -0.860. The second-order valence-corrected chi connectivity index (χ2v) is 5.27. The van der Waals surface area contributed by atoms with E-state index >= 15 is 0 Å². The van der Waals surface area contributed by atoms with Crippen LogP contribution < -0.4 is 0 Å². The third kappa shape index (κ3) is 3.30. The van der Waals surface area contributed by atoms with Gasteiger partial charge in [-0.1, -0.05) is 52.3 Å². The molecular formula is C14H11BrClF. The first kappa shape index (κ1) is 12.6. The lowest BCUT2D eigenvalue weighted by molar-refractivity contribution is 0.605. The van der Waals surface area contributed by atoms with E-state index in [1.807, 2.05) is 30.3 Å². The van der Waals surface area contributed by atoms with Gasteiger partial charge in [-0.05, 0) is 24.1 Å². The number of halogens is 3. The second kappa shape index (κ2) is 5.65.